The van der Waals surface area contributed by atoms with Gasteiger partial charge in [0, 0.05) is 36.8 Å². The lowest BCUT2D eigenvalue weighted by atomic mass is 9.96. The second-order valence-corrected chi connectivity index (χ2v) is 7.70. The third-order valence-corrected chi connectivity index (χ3v) is 5.32. The van der Waals surface area contributed by atoms with Crippen LogP contribution in [0.15, 0.2) is 47.2 Å². The third kappa shape index (κ3) is 4.13. The minimum absolute atomic E-state index is 0.0222. The Morgan fingerprint density at radius 3 is 2.45 bits per heavy atom. The SMILES string of the molecule is CC(C)c1cc(-c2ncoc2-c2ccc(CN3CCOCC3)cc2)c(O)cc1O. The second-order valence-electron chi connectivity index (χ2n) is 7.70. The summed E-state index contributed by atoms with van der Waals surface area (Å²) in [6, 6.07) is 11.4. The van der Waals surface area contributed by atoms with E-state index in [-0.39, 0.29) is 17.4 Å². The molecule has 0 saturated carbocycles. The number of phenols is 2. The maximum Gasteiger partial charge on any atom is 0.182 e. The zero-order chi connectivity index (χ0) is 20.4. The lowest BCUT2D eigenvalue weighted by Crippen LogP contribution is -2.35. The van der Waals surface area contributed by atoms with Gasteiger partial charge >= 0.3 is 0 Å². The molecule has 0 radical (unpaired) electrons. The van der Waals surface area contributed by atoms with Crippen molar-refractivity contribution in [3.8, 4) is 34.1 Å². The van der Waals surface area contributed by atoms with Gasteiger partial charge in [0.2, 0.25) is 0 Å². The van der Waals surface area contributed by atoms with Crippen molar-refractivity contribution in [1.29, 1.82) is 0 Å². The maximum atomic E-state index is 10.4. The normalized spacial score (nSPS) is 15.1. The van der Waals surface area contributed by atoms with Gasteiger partial charge in [-0.3, -0.25) is 4.90 Å². The number of morpholine rings is 1. The summed E-state index contributed by atoms with van der Waals surface area (Å²) in [7, 11) is 0. The molecule has 1 aliphatic heterocycles. The molecule has 29 heavy (non-hydrogen) atoms. The zero-order valence-corrected chi connectivity index (χ0v) is 16.8. The highest BCUT2D eigenvalue weighted by Crippen LogP contribution is 2.41. The smallest absolute Gasteiger partial charge is 0.182 e. The molecule has 1 aliphatic rings. The van der Waals surface area contributed by atoms with Gasteiger partial charge in [-0.25, -0.2) is 4.98 Å². The van der Waals surface area contributed by atoms with Crippen molar-refractivity contribution >= 4 is 0 Å². The summed E-state index contributed by atoms with van der Waals surface area (Å²) in [6.07, 6.45) is 1.38. The van der Waals surface area contributed by atoms with Crippen molar-refractivity contribution in [2.24, 2.45) is 0 Å². The first kappa shape index (κ1) is 19.5. The van der Waals surface area contributed by atoms with Crippen LogP contribution in [-0.2, 0) is 11.3 Å². The van der Waals surface area contributed by atoms with Gasteiger partial charge in [-0.2, -0.15) is 0 Å². The number of ether oxygens (including phenoxy) is 1. The lowest BCUT2D eigenvalue weighted by Gasteiger charge is -2.26. The fraction of sp³-hybridized carbons (Fsp3) is 0.348. The first-order valence-electron chi connectivity index (χ1n) is 9.92. The van der Waals surface area contributed by atoms with Crippen molar-refractivity contribution < 1.29 is 19.4 Å². The van der Waals surface area contributed by atoms with Crippen molar-refractivity contribution in [3.63, 3.8) is 0 Å². The third-order valence-electron chi connectivity index (χ3n) is 5.32. The molecule has 2 heterocycles. The number of rotatable bonds is 5. The number of aromatic hydroxyl groups is 2. The van der Waals surface area contributed by atoms with Gasteiger partial charge in [0.25, 0.3) is 0 Å². The number of hydrogen-bond acceptors (Lipinski definition) is 6. The Kier molecular flexibility index (Phi) is 5.56. The maximum absolute atomic E-state index is 10.4. The Morgan fingerprint density at radius 1 is 1.03 bits per heavy atom. The van der Waals surface area contributed by atoms with E-state index in [1.54, 1.807) is 6.07 Å². The fourth-order valence-corrected chi connectivity index (χ4v) is 3.67. The summed E-state index contributed by atoms with van der Waals surface area (Å²) in [5.74, 6) is 0.771. The van der Waals surface area contributed by atoms with Gasteiger partial charge in [-0.15, -0.1) is 0 Å². The van der Waals surface area contributed by atoms with E-state index in [9.17, 15) is 10.2 Å². The van der Waals surface area contributed by atoms with Gasteiger partial charge in [-0.05, 0) is 23.1 Å². The molecule has 0 aliphatic carbocycles. The molecule has 0 bridgehead atoms. The minimum atomic E-state index is -0.0222. The van der Waals surface area contributed by atoms with E-state index < -0.39 is 0 Å². The van der Waals surface area contributed by atoms with Gasteiger partial charge < -0.3 is 19.4 Å². The molecule has 1 aromatic heterocycles. The van der Waals surface area contributed by atoms with Crippen LogP contribution in [0.2, 0.25) is 0 Å². The van der Waals surface area contributed by atoms with E-state index in [1.807, 2.05) is 26.0 Å². The van der Waals surface area contributed by atoms with Gasteiger partial charge in [0.15, 0.2) is 12.2 Å². The van der Waals surface area contributed by atoms with Crippen LogP contribution in [0.25, 0.3) is 22.6 Å². The number of benzene rings is 2. The molecular weight excluding hydrogens is 368 g/mol. The first-order valence-corrected chi connectivity index (χ1v) is 9.92. The lowest BCUT2D eigenvalue weighted by molar-refractivity contribution is 0.0342. The van der Waals surface area contributed by atoms with Gasteiger partial charge in [-0.1, -0.05) is 38.1 Å². The summed E-state index contributed by atoms with van der Waals surface area (Å²) in [4.78, 5) is 6.71. The Balaban J connectivity index is 1.62. The Morgan fingerprint density at radius 2 is 1.76 bits per heavy atom. The van der Waals surface area contributed by atoms with Crippen LogP contribution in [0.5, 0.6) is 11.5 Å². The quantitative estimate of drug-likeness (QED) is 0.669. The highest BCUT2D eigenvalue weighted by Gasteiger charge is 2.20. The van der Waals surface area contributed by atoms with E-state index in [4.69, 9.17) is 9.15 Å². The van der Waals surface area contributed by atoms with Crippen molar-refractivity contribution in [2.45, 2.75) is 26.3 Å². The summed E-state index contributed by atoms with van der Waals surface area (Å²) in [6.45, 7) is 8.35. The molecule has 3 aromatic rings. The van der Waals surface area contributed by atoms with Crippen LogP contribution in [0, 0.1) is 0 Å². The molecule has 0 unspecified atom stereocenters. The number of oxazole rings is 1. The largest absolute Gasteiger partial charge is 0.508 e. The Labute approximate surface area is 170 Å². The Hall–Kier alpha value is -2.83. The average Bonchev–Trinajstić information content (AvgIpc) is 3.18. The van der Waals surface area contributed by atoms with Crippen molar-refractivity contribution in [1.82, 2.24) is 9.88 Å². The fourth-order valence-electron chi connectivity index (χ4n) is 3.67. The van der Waals surface area contributed by atoms with Crippen LogP contribution < -0.4 is 0 Å². The average molecular weight is 394 g/mol. The van der Waals surface area contributed by atoms with Crippen LogP contribution in [-0.4, -0.2) is 46.4 Å². The molecule has 0 amide bonds. The molecule has 1 fully saturated rings. The minimum Gasteiger partial charge on any atom is -0.508 e. The van der Waals surface area contributed by atoms with Crippen LogP contribution >= 0.6 is 0 Å². The van der Waals surface area contributed by atoms with E-state index in [2.05, 4.69) is 22.0 Å². The van der Waals surface area contributed by atoms with Crippen LogP contribution in [0.4, 0.5) is 0 Å². The summed E-state index contributed by atoms with van der Waals surface area (Å²) < 4.78 is 11.1. The standard InChI is InChI=1S/C23H26N2O4/c1-15(2)18-11-19(21(27)12-20(18)26)22-23(29-14-24-22)17-5-3-16(4-6-17)13-25-7-9-28-10-8-25/h3-6,11-12,14-15,26-27H,7-10,13H2,1-2H3. The molecule has 0 atom stereocenters. The summed E-state index contributed by atoms with van der Waals surface area (Å²) >= 11 is 0. The molecule has 4 rings (SSSR count). The predicted molar refractivity (Wildman–Crippen MR) is 111 cm³/mol. The highest BCUT2D eigenvalue weighted by molar-refractivity contribution is 5.81. The predicted octanol–water partition coefficient (Wildman–Crippen LogP) is 4.38. The molecule has 2 aromatic carbocycles. The van der Waals surface area contributed by atoms with E-state index in [0.717, 1.165) is 44.0 Å². The van der Waals surface area contributed by atoms with Crippen molar-refractivity contribution in [2.75, 3.05) is 26.3 Å². The molecule has 6 heteroatoms. The van der Waals surface area contributed by atoms with Crippen molar-refractivity contribution in [3.05, 3.63) is 53.9 Å². The number of nitrogens with zero attached hydrogens (tertiary/aromatic N) is 2. The van der Waals surface area contributed by atoms with Crippen LogP contribution in [0.3, 0.4) is 0 Å². The molecule has 152 valence electrons. The summed E-state index contributed by atoms with van der Waals surface area (Å²) in [5, 5.41) is 20.5. The monoisotopic (exact) mass is 394 g/mol. The molecule has 0 spiro atoms. The topological polar surface area (TPSA) is 79.0 Å². The highest BCUT2D eigenvalue weighted by atomic mass is 16.5. The zero-order valence-electron chi connectivity index (χ0n) is 16.8. The molecular formula is C23H26N2O4. The second kappa shape index (κ2) is 8.27. The molecule has 1 saturated heterocycles. The first-order chi connectivity index (χ1) is 14.0. The Bertz CT molecular complexity index is 973. The molecule has 2 N–H and O–H groups in total. The van der Waals surface area contributed by atoms with E-state index >= 15 is 0 Å². The number of hydrogen-bond donors (Lipinski definition) is 2. The van der Waals surface area contributed by atoms with E-state index in [0.29, 0.717) is 17.0 Å². The number of aromatic nitrogens is 1. The van der Waals surface area contributed by atoms with Gasteiger partial charge in [0.1, 0.15) is 17.2 Å². The number of phenolic OH excluding ortho intramolecular Hbond substituents is 2. The van der Waals surface area contributed by atoms with Crippen LogP contribution in [0.1, 0.15) is 30.9 Å². The molecule has 6 nitrogen and oxygen atoms in total. The summed E-state index contributed by atoms with van der Waals surface area (Å²) in [5.41, 5.74) is 3.98. The van der Waals surface area contributed by atoms with E-state index in [1.165, 1.54) is 18.0 Å². The van der Waals surface area contributed by atoms with Gasteiger partial charge in [0.05, 0.1) is 13.2 Å².